The van der Waals surface area contributed by atoms with E-state index in [-0.39, 0.29) is 24.7 Å². The molecule has 1 unspecified atom stereocenters. The van der Waals surface area contributed by atoms with Crippen LogP contribution in [0.1, 0.15) is 43.5 Å². The highest BCUT2D eigenvalue weighted by Gasteiger charge is 2.33. The topological polar surface area (TPSA) is 87.2 Å². The Balaban J connectivity index is 1.68. The molecule has 1 aliphatic heterocycles. The molecule has 0 aliphatic carbocycles. The van der Waals surface area contributed by atoms with Gasteiger partial charge in [-0.25, -0.2) is 9.59 Å². The third-order valence-corrected chi connectivity index (χ3v) is 4.49. The first-order valence-corrected chi connectivity index (χ1v) is 8.41. The molecule has 1 fully saturated rings. The Morgan fingerprint density at radius 3 is 2.60 bits per heavy atom. The number of carbonyl (C=O) groups excluding carboxylic acids is 1. The minimum absolute atomic E-state index is 0.0726. The molecule has 3 rings (SSSR count). The number of H-pyrrole nitrogens is 1. The number of aromatic amines is 1. The molecule has 2 heterocycles. The summed E-state index contributed by atoms with van der Waals surface area (Å²) in [5.41, 5.74) is 0.556. The van der Waals surface area contributed by atoms with E-state index in [1.54, 1.807) is 4.90 Å². The van der Waals surface area contributed by atoms with Crippen LogP contribution in [0, 0.1) is 0 Å². The van der Waals surface area contributed by atoms with Gasteiger partial charge in [-0.1, -0.05) is 30.3 Å². The van der Waals surface area contributed by atoms with Crippen molar-refractivity contribution in [1.82, 2.24) is 19.8 Å². The van der Waals surface area contributed by atoms with Gasteiger partial charge in [-0.05, 0) is 25.8 Å². The van der Waals surface area contributed by atoms with Crippen molar-refractivity contribution < 1.29 is 4.79 Å². The predicted octanol–water partition coefficient (Wildman–Crippen LogP) is 1.77. The van der Waals surface area contributed by atoms with Gasteiger partial charge in [0.1, 0.15) is 0 Å². The number of benzene rings is 1. The monoisotopic (exact) mass is 342 g/mol. The van der Waals surface area contributed by atoms with E-state index in [9.17, 15) is 14.4 Å². The van der Waals surface area contributed by atoms with Gasteiger partial charge in [0.15, 0.2) is 0 Å². The van der Waals surface area contributed by atoms with Crippen molar-refractivity contribution in [2.75, 3.05) is 6.54 Å². The summed E-state index contributed by atoms with van der Waals surface area (Å²) >= 11 is 0. The van der Waals surface area contributed by atoms with Gasteiger partial charge in [0.25, 0.3) is 5.56 Å². The molecule has 1 aromatic carbocycles. The van der Waals surface area contributed by atoms with Crippen LogP contribution in [0.15, 0.2) is 46.1 Å². The fraction of sp³-hybridized carbons (Fsp3) is 0.389. The quantitative estimate of drug-likeness (QED) is 0.888. The molecule has 2 amide bonds. The maximum Gasteiger partial charge on any atom is 0.328 e. The minimum Gasteiger partial charge on any atom is -0.334 e. The van der Waals surface area contributed by atoms with Crippen LogP contribution in [-0.2, 0) is 6.54 Å². The molecule has 0 spiro atoms. The second-order valence-corrected chi connectivity index (χ2v) is 6.48. The molecule has 1 atom stereocenters. The summed E-state index contributed by atoms with van der Waals surface area (Å²) < 4.78 is 1.44. The van der Waals surface area contributed by atoms with Crippen molar-refractivity contribution in [2.24, 2.45) is 0 Å². The largest absolute Gasteiger partial charge is 0.334 e. The maximum absolute atomic E-state index is 12.4. The van der Waals surface area contributed by atoms with Crippen molar-refractivity contribution in [2.45, 2.75) is 38.9 Å². The molecule has 2 aromatic rings. The van der Waals surface area contributed by atoms with Crippen molar-refractivity contribution in [3.8, 4) is 0 Å². The normalized spacial score (nSPS) is 16.6. The molecule has 2 N–H and O–H groups in total. The lowest BCUT2D eigenvalue weighted by molar-refractivity contribution is 0.115. The molecule has 25 heavy (non-hydrogen) atoms. The summed E-state index contributed by atoms with van der Waals surface area (Å²) in [6, 6.07) is 9.67. The first-order valence-electron chi connectivity index (χ1n) is 8.41. The molecular weight excluding hydrogens is 320 g/mol. The van der Waals surface area contributed by atoms with Crippen LogP contribution < -0.4 is 16.6 Å². The molecule has 1 aromatic heterocycles. The number of hydrogen-bond donors (Lipinski definition) is 2. The van der Waals surface area contributed by atoms with E-state index < -0.39 is 11.2 Å². The summed E-state index contributed by atoms with van der Waals surface area (Å²) in [6.45, 7) is 4.48. The second kappa shape index (κ2) is 6.96. The van der Waals surface area contributed by atoms with Crippen LogP contribution >= 0.6 is 0 Å². The van der Waals surface area contributed by atoms with E-state index in [1.807, 2.05) is 44.2 Å². The number of amides is 2. The van der Waals surface area contributed by atoms with E-state index in [2.05, 4.69) is 10.3 Å². The molecule has 7 nitrogen and oxygen atoms in total. The van der Waals surface area contributed by atoms with Crippen LogP contribution in [0.2, 0.25) is 0 Å². The van der Waals surface area contributed by atoms with Crippen LogP contribution in [-0.4, -0.2) is 27.0 Å². The predicted molar refractivity (Wildman–Crippen MR) is 94.4 cm³/mol. The molecule has 1 aliphatic rings. The van der Waals surface area contributed by atoms with Gasteiger partial charge in [-0.3, -0.25) is 14.3 Å². The number of likely N-dealkylation sites (tertiary alicyclic amines) is 1. The summed E-state index contributed by atoms with van der Waals surface area (Å²) in [5.74, 6) is 0. The Morgan fingerprint density at radius 2 is 2.00 bits per heavy atom. The Bertz CT molecular complexity index is 870. The number of urea groups is 1. The lowest BCUT2D eigenvalue weighted by Gasteiger charge is -2.41. The number of nitrogens with one attached hydrogen (secondary N) is 2. The zero-order valence-electron chi connectivity index (χ0n) is 14.4. The molecule has 0 saturated carbocycles. The zero-order chi connectivity index (χ0) is 18.0. The van der Waals surface area contributed by atoms with Crippen molar-refractivity contribution >= 4 is 6.03 Å². The minimum atomic E-state index is -0.467. The first-order chi connectivity index (χ1) is 12.0. The Hall–Kier alpha value is -2.83. The number of hydrogen-bond acceptors (Lipinski definition) is 3. The van der Waals surface area contributed by atoms with Crippen molar-refractivity contribution in [3.05, 3.63) is 68.5 Å². The van der Waals surface area contributed by atoms with Crippen LogP contribution in [0.3, 0.4) is 0 Å². The van der Waals surface area contributed by atoms with E-state index in [0.29, 0.717) is 12.1 Å². The number of rotatable bonds is 4. The van der Waals surface area contributed by atoms with Crippen molar-refractivity contribution in [3.63, 3.8) is 0 Å². The van der Waals surface area contributed by atoms with Gasteiger partial charge in [-0.15, -0.1) is 0 Å². The van der Waals surface area contributed by atoms with Crippen LogP contribution in [0.5, 0.6) is 0 Å². The average Bonchev–Trinajstić information content (AvgIpc) is 2.53. The number of nitrogens with zero attached hydrogens (tertiary/aromatic N) is 2. The highest BCUT2D eigenvalue weighted by molar-refractivity contribution is 5.75. The average molecular weight is 342 g/mol. The standard InChI is InChI=1S/C18H22N4O3/c1-12(2)22-11-14(16(23)20-18(22)25)10-19-17(24)21-9-8-15(21)13-6-4-3-5-7-13/h3-7,11-12,15H,8-10H2,1-2H3,(H,19,24)(H,20,23,25). The Kier molecular flexibility index (Phi) is 4.74. The van der Waals surface area contributed by atoms with E-state index in [0.717, 1.165) is 12.0 Å². The molecule has 132 valence electrons. The van der Waals surface area contributed by atoms with Gasteiger partial charge < -0.3 is 10.2 Å². The summed E-state index contributed by atoms with van der Waals surface area (Å²) in [7, 11) is 0. The highest BCUT2D eigenvalue weighted by Crippen LogP contribution is 2.32. The van der Waals surface area contributed by atoms with Crippen LogP contribution in [0.25, 0.3) is 0 Å². The van der Waals surface area contributed by atoms with Gasteiger partial charge in [-0.2, -0.15) is 0 Å². The fourth-order valence-electron chi connectivity index (χ4n) is 2.96. The molecular formula is C18H22N4O3. The summed E-state index contributed by atoms with van der Waals surface area (Å²) in [4.78, 5) is 40.1. The maximum atomic E-state index is 12.4. The van der Waals surface area contributed by atoms with Crippen molar-refractivity contribution in [1.29, 1.82) is 0 Å². The van der Waals surface area contributed by atoms with Gasteiger partial charge in [0.05, 0.1) is 18.2 Å². The SMILES string of the molecule is CC(C)n1cc(CNC(=O)N2CCC2c2ccccc2)c(=O)[nH]c1=O. The lowest BCUT2D eigenvalue weighted by Crippen LogP contribution is -2.50. The Morgan fingerprint density at radius 1 is 1.28 bits per heavy atom. The molecule has 1 saturated heterocycles. The van der Waals surface area contributed by atoms with E-state index >= 15 is 0 Å². The fourth-order valence-corrected chi connectivity index (χ4v) is 2.96. The first kappa shape index (κ1) is 17.0. The third-order valence-electron chi connectivity index (χ3n) is 4.49. The van der Waals surface area contributed by atoms with Gasteiger partial charge in [0, 0.05) is 18.8 Å². The Labute approximate surface area is 145 Å². The molecule has 0 bridgehead atoms. The zero-order valence-corrected chi connectivity index (χ0v) is 14.4. The highest BCUT2D eigenvalue weighted by atomic mass is 16.2. The summed E-state index contributed by atoms with van der Waals surface area (Å²) in [6.07, 6.45) is 2.44. The van der Waals surface area contributed by atoms with Gasteiger partial charge in [0.2, 0.25) is 0 Å². The van der Waals surface area contributed by atoms with Crippen LogP contribution in [0.4, 0.5) is 4.79 Å². The molecule has 0 radical (unpaired) electrons. The van der Waals surface area contributed by atoms with E-state index in [1.165, 1.54) is 10.8 Å². The third kappa shape index (κ3) is 3.50. The second-order valence-electron chi connectivity index (χ2n) is 6.48. The van der Waals surface area contributed by atoms with Gasteiger partial charge >= 0.3 is 11.7 Å². The number of aromatic nitrogens is 2. The molecule has 7 heteroatoms. The lowest BCUT2D eigenvalue weighted by atomic mass is 9.95. The number of carbonyl (C=O) groups is 1. The van der Waals surface area contributed by atoms with E-state index in [4.69, 9.17) is 0 Å². The summed E-state index contributed by atoms with van der Waals surface area (Å²) in [5, 5.41) is 2.78. The smallest absolute Gasteiger partial charge is 0.328 e.